The lowest BCUT2D eigenvalue weighted by Gasteiger charge is -2.33. The van der Waals surface area contributed by atoms with Gasteiger partial charge in [-0.3, -0.25) is 14.5 Å². The van der Waals surface area contributed by atoms with Crippen molar-refractivity contribution < 1.29 is 27.5 Å². The van der Waals surface area contributed by atoms with Crippen molar-refractivity contribution in [2.24, 2.45) is 0 Å². The van der Waals surface area contributed by atoms with Crippen molar-refractivity contribution in [2.75, 3.05) is 38.0 Å². The van der Waals surface area contributed by atoms with Crippen LogP contribution in [0.2, 0.25) is 0 Å². The summed E-state index contributed by atoms with van der Waals surface area (Å²) in [6.07, 6.45) is 0. The second-order valence-corrected chi connectivity index (χ2v) is 7.63. The molecule has 0 radical (unpaired) electrons. The van der Waals surface area contributed by atoms with Gasteiger partial charge in [0.15, 0.2) is 5.76 Å². The molecule has 1 N–H and O–H groups in total. The molecule has 2 amide bonds. The van der Waals surface area contributed by atoms with Gasteiger partial charge in [0.25, 0.3) is 5.91 Å². The van der Waals surface area contributed by atoms with E-state index in [-0.39, 0.29) is 42.4 Å². The Morgan fingerprint density at radius 2 is 1.52 bits per heavy atom. The molecule has 1 fully saturated rings. The molecule has 9 heteroatoms. The van der Waals surface area contributed by atoms with Gasteiger partial charge in [0.05, 0.1) is 6.54 Å². The van der Waals surface area contributed by atoms with Crippen molar-refractivity contribution in [2.45, 2.75) is 6.61 Å². The maximum absolute atomic E-state index is 13.0. The second kappa shape index (κ2) is 10.3. The number of anilines is 1. The number of nitrogens with one attached hydrogen (secondary N) is 1. The molecule has 1 aliphatic rings. The Kier molecular flexibility index (Phi) is 6.99. The maximum Gasteiger partial charge on any atom is 0.289 e. The molecule has 1 aliphatic heterocycles. The van der Waals surface area contributed by atoms with Crippen LogP contribution in [0.3, 0.4) is 0 Å². The normalized spacial score (nSPS) is 14.2. The van der Waals surface area contributed by atoms with Gasteiger partial charge in [-0.2, -0.15) is 0 Å². The third-order valence-corrected chi connectivity index (χ3v) is 5.22. The second-order valence-electron chi connectivity index (χ2n) is 7.63. The van der Waals surface area contributed by atoms with E-state index in [1.165, 1.54) is 48.5 Å². The number of piperazine rings is 1. The summed E-state index contributed by atoms with van der Waals surface area (Å²) in [6, 6.07) is 14.5. The van der Waals surface area contributed by atoms with Crippen LogP contribution in [0.5, 0.6) is 5.75 Å². The van der Waals surface area contributed by atoms with Crippen LogP contribution in [0.15, 0.2) is 65.1 Å². The largest absolute Gasteiger partial charge is 0.486 e. The van der Waals surface area contributed by atoms with Gasteiger partial charge in [-0.1, -0.05) is 0 Å². The van der Waals surface area contributed by atoms with Gasteiger partial charge < -0.3 is 19.4 Å². The molecule has 0 atom stereocenters. The summed E-state index contributed by atoms with van der Waals surface area (Å²) in [6.45, 7) is 2.32. The van der Waals surface area contributed by atoms with E-state index in [1.807, 2.05) is 4.90 Å². The van der Waals surface area contributed by atoms with E-state index in [2.05, 4.69) is 5.32 Å². The summed E-state index contributed by atoms with van der Waals surface area (Å²) in [7, 11) is 0. The number of furan rings is 1. The Balaban J connectivity index is 1.22. The van der Waals surface area contributed by atoms with E-state index in [9.17, 15) is 18.4 Å². The zero-order chi connectivity index (χ0) is 23.2. The number of nitrogens with zero attached hydrogens (tertiary/aromatic N) is 2. The van der Waals surface area contributed by atoms with E-state index in [4.69, 9.17) is 9.15 Å². The van der Waals surface area contributed by atoms with Crippen LogP contribution in [0.1, 0.15) is 16.3 Å². The molecule has 1 saturated heterocycles. The Labute approximate surface area is 189 Å². The number of carbonyl (C=O) groups excluding carboxylic acids is 2. The molecular formula is C24H23F2N3O4. The van der Waals surface area contributed by atoms with Crippen LogP contribution in [-0.4, -0.2) is 54.3 Å². The highest BCUT2D eigenvalue weighted by molar-refractivity contribution is 5.92. The summed E-state index contributed by atoms with van der Waals surface area (Å²) in [4.78, 5) is 28.6. The lowest BCUT2D eigenvalue weighted by Crippen LogP contribution is -2.50. The molecule has 0 saturated carbocycles. The third-order valence-electron chi connectivity index (χ3n) is 5.22. The summed E-state index contributed by atoms with van der Waals surface area (Å²) in [5, 5.41) is 2.73. The molecule has 0 bridgehead atoms. The highest BCUT2D eigenvalue weighted by Gasteiger charge is 2.25. The van der Waals surface area contributed by atoms with E-state index in [0.717, 1.165) is 0 Å². The van der Waals surface area contributed by atoms with Crippen LogP contribution < -0.4 is 10.1 Å². The van der Waals surface area contributed by atoms with E-state index < -0.39 is 0 Å². The predicted octanol–water partition coefficient (Wildman–Crippen LogP) is 3.53. The van der Waals surface area contributed by atoms with Crippen molar-refractivity contribution in [3.8, 4) is 5.75 Å². The van der Waals surface area contributed by atoms with E-state index in [1.54, 1.807) is 17.0 Å². The van der Waals surface area contributed by atoms with Gasteiger partial charge in [-0.15, -0.1) is 0 Å². The van der Waals surface area contributed by atoms with E-state index >= 15 is 0 Å². The van der Waals surface area contributed by atoms with Gasteiger partial charge in [0, 0.05) is 31.9 Å². The fourth-order valence-corrected chi connectivity index (χ4v) is 3.46. The molecule has 2 heterocycles. The predicted molar refractivity (Wildman–Crippen MR) is 117 cm³/mol. The summed E-state index contributed by atoms with van der Waals surface area (Å²) in [5.74, 6) is 0.0746. The SMILES string of the molecule is O=C(CN1CCN(C(=O)c2ccc(COc3ccc(F)cc3)o2)CC1)Nc1ccc(F)cc1. The number of rotatable bonds is 7. The van der Waals surface area contributed by atoms with Crippen molar-refractivity contribution in [1.82, 2.24) is 9.80 Å². The molecule has 4 rings (SSSR count). The first kappa shape index (κ1) is 22.5. The zero-order valence-corrected chi connectivity index (χ0v) is 17.8. The minimum absolute atomic E-state index is 0.121. The molecule has 33 heavy (non-hydrogen) atoms. The van der Waals surface area contributed by atoms with Crippen molar-refractivity contribution in [3.05, 3.63) is 83.8 Å². The lowest BCUT2D eigenvalue weighted by molar-refractivity contribution is -0.117. The van der Waals surface area contributed by atoms with Crippen LogP contribution in [0.25, 0.3) is 0 Å². The van der Waals surface area contributed by atoms with Crippen molar-refractivity contribution in [1.29, 1.82) is 0 Å². The Morgan fingerprint density at radius 3 is 2.18 bits per heavy atom. The van der Waals surface area contributed by atoms with Gasteiger partial charge in [0.1, 0.15) is 29.8 Å². The number of benzene rings is 2. The molecule has 3 aromatic rings. The average Bonchev–Trinajstić information content (AvgIpc) is 3.29. The highest BCUT2D eigenvalue weighted by Crippen LogP contribution is 2.17. The lowest BCUT2D eigenvalue weighted by atomic mass is 10.2. The number of halogens is 2. The molecule has 2 aromatic carbocycles. The zero-order valence-electron chi connectivity index (χ0n) is 17.8. The molecule has 0 unspecified atom stereocenters. The van der Waals surface area contributed by atoms with Crippen LogP contribution in [-0.2, 0) is 11.4 Å². The quantitative estimate of drug-likeness (QED) is 0.590. The number of ether oxygens (including phenoxy) is 1. The highest BCUT2D eigenvalue weighted by atomic mass is 19.1. The number of carbonyl (C=O) groups is 2. The minimum Gasteiger partial charge on any atom is -0.486 e. The van der Waals surface area contributed by atoms with Crippen LogP contribution in [0.4, 0.5) is 14.5 Å². The standard InChI is InChI=1S/C24H23F2N3O4/c25-17-1-5-19(6-2-17)27-23(30)15-28-11-13-29(14-12-28)24(31)22-10-9-21(33-22)16-32-20-7-3-18(26)4-8-20/h1-10H,11-16H2,(H,27,30). The number of hydrogen-bond acceptors (Lipinski definition) is 5. The molecule has 7 nitrogen and oxygen atoms in total. The molecule has 1 aromatic heterocycles. The fraction of sp³-hybridized carbons (Fsp3) is 0.250. The van der Waals surface area contributed by atoms with Gasteiger partial charge in [-0.25, -0.2) is 8.78 Å². The fourth-order valence-electron chi connectivity index (χ4n) is 3.46. The first-order chi connectivity index (χ1) is 16.0. The minimum atomic E-state index is -0.363. The Bertz CT molecular complexity index is 1090. The maximum atomic E-state index is 13.0. The molecule has 0 aliphatic carbocycles. The Hall–Kier alpha value is -3.72. The third kappa shape index (κ3) is 6.17. The monoisotopic (exact) mass is 455 g/mol. The van der Waals surface area contributed by atoms with Crippen LogP contribution in [0, 0.1) is 11.6 Å². The Morgan fingerprint density at radius 1 is 0.879 bits per heavy atom. The van der Waals surface area contributed by atoms with E-state index in [0.29, 0.717) is 43.4 Å². The first-order valence-corrected chi connectivity index (χ1v) is 10.5. The molecule has 172 valence electrons. The topological polar surface area (TPSA) is 75.0 Å². The van der Waals surface area contributed by atoms with Crippen molar-refractivity contribution in [3.63, 3.8) is 0 Å². The van der Waals surface area contributed by atoms with Crippen LogP contribution >= 0.6 is 0 Å². The first-order valence-electron chi connectivity index (χ1n) is 10.5. The van der Waals surface area contributed by atoms with Gasteiger partial charge in [0.2, 0.25) is 5.91 Å². The van der Waals surface area contributed by atoms with Gasteiger partial charge >= 0.3 is 0 Å². The van der Waals surface area contributed by atoms with Crippen molar-refractivity contribution >= 4 is 17.5 Å². The summed E-state index contributed by atoms with van der Waals surface area (Å²) in [5.41, 5.74) is 0.534. The smallest absolute Gasteiger partial charge is 0.289 e. The number of hydrogen-bond donors (Lipinski definition) is 1. The van der Waals surface area contributed by atoms with Gasteiger partial charge in [-0.05, 0) is 60.7 Å². The average molecular weight is 455 g/mol. The molecule has 0 spiro atoms. The molecular weight excluding hydrogens is 432 g/mol. The number of amides is 2. The summed E-state index contributed by atoms with van der Waals surface area (Å²) < 4.78 is 37.1. The summed E-state index contributed by atoms with van der Waals surface area (Å²) >= 11 is 0.